The van der Waals surface area contributed by atoms with Crippen molar-refractivity contribution in [1.29, 1.82) is 0 Å². The Bertz CT molecular complexity index is 1360. The second-order valence-corrected chi connectivity index (χ2v) is 6.75. The van der Waals surface area contributed by atoms with Gasteiger partial charge in [-0.15, -0.1) is 10.2 Å². The number of fused-ring (bicyclic) bond motifs is 3. The van der Waals surface area contributed by atoms with Crippen LogP contribution in [0.1, 0.15) is 5.56 Å². The molecule has 146 valence electrons. The molecule has 10 heteroatoms. The average molecular weight is 397 g/mol. The molecule has 0 amide bonds. The SMILES string of the molecule is Cn1cc2c3cc(-c4nnn(C)n4)ccc3n(-c3ccc(C(F)(F)F)cc3)c2n1. The van der Waals surface area contributed by atoms with E-state index in [0.29, 0.717) is 17.2 Å². The largest absolute Gasteiger partial charge is 0.416 e. The van der Waals surface area contributed by atoms with Gasteiger partial charge in [-0.05, 0) is 47.7 Å². The van der Waals surface area contributed by atoms with Gasteiger partial charge in [0.2, 0.25) is 5.82 Å². The Morgan fingerprint density at radius 2 is 1.66 bits per heavy atom. The number of tetrazole rings is 1. The molecule has 0 saturated heterocycles. The Labute approximate surface area is 162 Å². The third-order valence-electron chi connectivity index (χ3n) is 4.77. The van der Waals surface area contributed by atoms with Crippen molar-refractivity contribution in [1.82, 2.24) is 34.6 Å². The molecule has 5 rings (SSSR count). The predicted octanol–water partition coefficient (Wildman–Crippen LogP) is 3.73. The monoisotopic (exact) mass is 397 g/mol. The van der Waals surface area contributed by atoms with E-state index in [1.54, 1.807) is 18.8 Å². The highest BCUT2D eigenvalue weighted by molar-refractivity contribution is 6.08. The van der Waals surface area contributed by atoms with Crippen molar-refractivity contribution in [3.8, 4) is 17.1 Å². The fourth-order valence-electron chi connectivity index (χ4n) is 3.49. The van der Waals surface area contributed by atoms with Gasteiger partial charge in [-0.2, -0.15) is 23.1 Å². The second-order valence-electron chi connectivity index (χ2n) is 6.75. The minimum Gasteiger partial charge on any atom is -0.292 e. The lowest BCUT2D eigenvalue weighted by Gasteiger charge is -2.10. The normalized spacial score (nSPS) is 12.3. The number of benzene rings is 2. The lowest BCUT2D eigenvalue weighted by molar-refractivity contribution is -0.137. The molecule has 0 saturated carbocycles. The van der Waals surface area contributed by atoms with Crippen molar-refractivity contribution < 1.29 is 13.2 Å². The van der Waals surface area contributed by atoms with Gasteiger partial charge in [0.1, 0.15) is 0 Å². The van der Waals surface area contributed by atoms with Crippen molar-refractivity contribution in [2.24, 2.45) is 14.1 Å². The Morgan fingerprint density at radius 1 is 0.897 bits per heavy atom. The molecule has 3 aromatic heterocycles. The van der Waals surface area contributed by atoms with Crippen LogP contribution in [0.15, 0.2) is 48.7 Å². The number of hydrogen-bond acceptors (Lipinski definition) is 4. The summed E-state index contributed by atoms with van der Waals surface area (Å²) in [6.45, 7) is 0. The number of rotatable bonds is 2. The summed E-state index contributed by atoms with van der Waals surface area (Å²) in [5.74, 6) is 0.494. The molecular weight excluding hydrogens is 383 g/mol. The first-order chi connectivity index (χ1) is 13.8. The van der Waals surface area contributed by atoms with Crippen LogP contribution in [0.5, 0.6) is 0 Å². The second kappa shape index (κ2) is 5.90. The number of aryl methyl sites for hydroxylation is 2. The number of halogens is 3. The van der Waals surface area contributed by atoms with E-state index >= 15 is 0 Å². The van der Waals surface area contributed by atoms with E-state index in [1.807, 2.05) is 29.0 Å². The van der Waals surface area contributed by atoms with Gasteiger partial charge in [0.25, 0.3) is 0 Å². The van der Waals surface area contributed by atoms with E-state index < -0.39 is 11.7 Å². The topological polar surface area (TPSA) is 66.3 Å². The van der Waals surface area contributed by atoms with Gasteiger partial charge in [0.15, 0.2) is 5.65 Å². The van der Waals surface area contributed by atoms with Gasteiger partial charge in [-0.25, -0.2) is 0 Å². The maximum absolute atomic E-state index is 12.9. The van der Waals surface area contributed by atoms with Crippen molar-refractivity contribution in [2.75, 3.05) is 0 Å². The van der Waals surface area contributed by atoms with Gasteiger partial charge in [-0.3, -0.25) is 9.25 Å². The van der Waals surface area contributed by atoms with E-state index in [1.165, 1.54) is 16.9 Å². The zero-order valence-electron chi connectivity index (χ0n) is 15.4. The summed E-state index contributed by atoms with van der Waals surface area (Å²) in [4.78, 5) is 1.38. The third-order valence-corrected chi connectivity index (χ3v) is 4.77. The number of aromatic nitrogens is 7. The molecule has 29 heavy (non-hydrogen) atoms. The lowest BCUT2D eigenvalue weighted by atomic mass is 10.1. The summed E-state index contributed by atoms with van der Waals surface area (Å²) in [7, 11) is 3.49. The molecular formula is C19H14F3N7. The molecule has 3 heterocycles. The van der Waals surface area contributed by atoms with Crippen LogP contribution in [0.3, 0.4) is 0 Å². The summed E-state index contributed by atoms with van der Waals surface area (Å²) in [5, 5.41) is 18.4. The van der Waals surface area contributed by atoms with Gasteiger partial charge < -0.3 is 0 Å². The molecule has 2 aromatic carbocycles. The minimum absolute atomic E-state index is 0.494. The Balaban J connectivity index is 1.74. The lowest BCUT2D eigenvalue weighted by Crippen LogP contribution is -2.05. The van der Waals surface area contributed by atoms with E-state index in [4.69, 9.17) is 0 Å². The molecule has 0 bridgehead atoms. The summed E-state index contributed by atoms with van der Waals surface area (Å²) in [6.07, 6.45) is -2.50. The quantitative estimate of drug-likeness (QED) is 0.455. The Morgan fingerprint density at radius 3 is 2.31 bits per heavy atom. The molecule has 0 unspecified atom stereocenters. The molecule has 0 fully saturated rings. The molecule has 0 N–H and O–H groups in total. The fraction of sp³-hybridized carbons (Fsp3) is 0.158. The molecule has 0 radical (unpaired) electrons. The van der Waals surface area contributed by atoms with Crippen LogP contribution in [-0.4, -0.2) is 34.6 Å². The van der Waals surface area contributed by atoms with Crippen molar-refractivity contribution in [3.05, 3.63) is 54.2 Å². The van der Waals surface area contributed by atoms with Crippen LogP contribution in [0, 0.1) is 0 Å². The van der Waals surface area contributed by atoms with E-state index in [-0.39, 0.29) is 0 Å². The molecule has 0 aliphatic rings. The van der Waals surface area contributed by atoms with Crippen LogP contribution in [0.25, 0.3) is 39.0 Å². The van der Waals surface area contributed by atoms with Crippen molar-refractivity contribution >= 4 is 21.9 Å². The maximum atomic E-state index is 12.9. The van der Waals surface area contributed by atoms with Crippen LogP contribution in [-0.2, 0) is 20.3 Å². The molecule has 5 aromatic rings. The molecule has 0 atom stereocenters. The van der Waals surface area contributed by atoms with Gasteiger partial charge in [0.05, 0.1) is 18.1 Å². The van der Waals surface area contributed by atoms with E-state index in [2.05, 4.69) is 20.5 Å². The first kappa shape index (κ1) is 17.4. The summed E-state index contributed by atoms with van der Waals surface area (Å²) in [6, 6.07) is 10.8. The Hall–Kier alpha value is -3.69. The summed E-state index contributed by atoms with van der Waals surface area (Å²) >= 11 is 0. The fourth-order valence-corrected chi connectivity index (χ4v) is 3.49. The highest BCUT2D eigenvalue weighted by atomic mass is 19.4. The predicted molar refractivity (Wildman–Crippen MR) is 100 cm³/mol. The first-order valence-electron chi connectivity index (χ1n) is 8.71. The van der Waals surface area contributed by atoms with Crippen LogP contribution >= 0.6 is 0 Å². The zero-order valence-corrected chi connectivity index (χ0v) is 15.4. The van der Waals surface area contributed by atoms with Crippen molar-refractivity contribution in [2.45, 2.75) is 6.18 Å². The van der Waals surface area contributed by atoms with Crippen LogP contribution in [0.4, 0.5) is 13.2 Å². The number of hydrogen-bond donors (Lipinski definition) is 0. The maximum Gasteiger partial charge on any atom is 0.416 e. The van der Waals surface area contributed by atoms with Crippen LogP contribution < -0.4 is 0 Å². The van der Waals surface area contributed by atoms with Crippen LogP contribution in [0.2, 0.25) is 0 Å². The number of alkyl halides is 3. The highest BCUT2D eigenvalue weighted by Crippen LogP contribution is 2.35. The Kier molecular flexibility index (Phi) is 3.54. The molecule has 7 nitrogen and oxygen atoms in total. The minimum atomic E-state index is -4.38. The van der Waals surface area contributed by atoms with Gasteiger partial charge in [-0.1, -0.05) is 0 Å². The molecule has 0 aliphatic carbocycles. The smallest absolute Gasteiger partial charge is 0.292 e. The van der Waals surface area contributed by atoms with Crippen molar-refractivity contribution in [3.63, 3.8) is 0 Å². The first-order valence-corrected chi connectivity index (χ1v) is 8.71. The van der Waals surface area contributed by atoms with Gasteiger partial charge >= 0.3 is 6.18 Å². The number of nitrogens with zero attached hydrogens (tertiary/aromatic N) is 7. The third kappa shape index (κ3) is 2.75. The molecule has 0 spiro atoms. The summed E-state index contributed by atoms with van der Waals surface area (Å²) in [5.41, 5.74) is 2.19. The van der Waals surface area contributed by atoms with Gasteiger partial charge in [0, 0.05) is 35.3 Å². The zero-order chi connectivity index (χ0) is 20.3. The highest BCUT2D eigenvalue weighted by Gasteiger charge is 2.30. The molecule has 0 aliphatic heterocycles. The standard InChI is InChI=1S/C19H14F3N7/c1-27-10-15-14-9-11(17-23-26-28(2)24-17)3-8-16(14)29(18(15)25-27)13-6-4-12(5-7-13)19(20,21)22/h3-10H,1-2H3. The van der Waals surface area contributed by atoms with E-state index in [0.717, 1.165) is 34.0 Å². The summed E-state index contributed by atoms with van der Waals surface area (Å²) < 4.78 is 42.3. The van der Waals surface area contributed by atoms with E-state index in [9.17, 15) is 13.2 Å². The average Bonchev–Trinajstić information content (AvgIpc) is 3.34.